The predicted molar refractivity (Wildman–Crippen MR) is 96.1 cm³/mol. The van der Waals surface area contributed by atoms with Gasteiger partial charge in [-0.3, -0.25) is 4.79 Å². The van der Waals surface area contributed by atoms with Gasteiger partial charge in [-0.1, -0.05) is 0 Å². The van der Waals surface area contributed by atoms with Crippen LogP contribution in [0.5, 0.6) is 11.5 Å². The van der Waals surface area contributed by atoms with Crippen LogP contribution in [0.2, 0.25) is 0 Å². The quantitative estimate of drug-likeness (QED) is 0.492. The molecular formula is C18H17N3O4. The molecule has 0 saturated heterocycles. The van der Waals surface area contributed by atoms with E-state index in [4.69, 9.17) is 20.4 Å². The van der Waals surface area contributed by atoms with Crippen molar-refractivity contribution in [3.8, 4) is 11.5 Å². The zero-order chi connectivity index (χ0) is 18.1. The minimum Gasteiger partial charge on any atom is -0.508 e. The van der Waals surface area contributed by atoms with E-state index >= 15 is 0 Å². The number of rotatable bonds is 1. The maximum Gasteiger partial charge on any atom is 0.300 e. The number of nitrogens with two attached hydrogens (primary N) is 1. The molecule has 4 aromatic rings. The number of methoxy groups -OCH3 is 1. The second-order valence-electron chi connectivity index (χ2n) is 5.49. The first-order valence-corrected chi connectivity index (χ1v) is 7.47. The van der Waals surface area contributed by atoms with Crippen LogP contribution in [0.4, 0.5) is 5.82 Å². The molecule has 0 aliphatic carbocycles. The van der Waals surface area contributed by atoms with Crippen molar-refractivity contribution in [3.05, 3.63) is 42.6 Å². The van der Waals surface area contributed by atoms with Crippen LogP contribution in [0, 0.1) is 0 Å². The van der Waals surface area contributed by atoms with E-state index in [0.717, 1.165) is 34.5 Å². The van der Waals surface area contributed by atoms with Crippen molar-refractivity contribution in [1.29, 1.82) is 0 Å². The monoisotopic (exact) mass is 339 g/mol. The van der Waals surface area contributed by atoms with Gasteiger partial charge >= 0.3 is 0 Å². The van der Waals surface area contributed by atoms with Gasteiger partial charge < -0.3 is 25.1 Å². The molecule has 25 heavy (non-hydrogen) atoms. The number of carbonyl (C=O) groups is 1. The van der Waals surface area contributed by atoms with Crippen molar-refractivity contribution in [3.63, 3.8) is 0 Å². The fourth-order valence-corrected chi connectivity index (χ4v) is 2.76. The maximum absolute atomic E-state index is 9.59. The van der Waals surface area contributed by atoms with Crippen molar-refractivity contribution in [2.45, 2.75) is 6.92 Å². The Balaban J connectivity index is 0.000000415. The standard InChI is InChI=1S/C16H13N3O2.C2H4O2/c1-21-11-3-4-12-9(6-11)8-19-14-5-2-10(20)7-13(14)18-16(17)15(12)19;1-2(3)4/h2-8,20H,1H3,(H2,17,18);1H3,(H,3,4). The van der Waals surface area contributed by atoms with E-state index in [0.29, 0.717) is 11.3 Å². The maximum atomic E-state index is 9.59. The number of aliphatic carboxylic acids is 1. The van der Waals surface area contributed by atoms with E-state index in [1.54, 1.807) is 19.2 Å². The molecule has 0 saturated carbocycles. The second kappa shape index (κ2) is 6.20. The van der Waals surface area contributed by atoms with Gasteiger partial charge in [0.05, 0.1) is 23.7 Å². The molecular weight excluding hydrogens is 322 g/mol. The molecule has 7 nitrogen and oxygen atoms in total. The van der Waals surface area contributed by atoms with E-state index in [-0.39, 0.29) is 5.75 Å². The minimum absolute atomic E-state index is 0.173. The summed E-state index contributed by atoms with van der Waals surface area (Å²) in [6.45, 7) is 1.08. The highest BCUT2D eigenvalue weighted by molar-refractivity contribution is 6.05. The van der Waals surface area contributed by atoms with Crippen LogP contribution < -0.4 is 10.5 Å². The lowest BCUT2D eigenvalue weighted by molar-refractivity contribution is -0.134. The molecule has 0 amide bonds. The van der Waals surface area contributed by atoms with E-state index in [1.165, 1.54) is 0 Å². The third-order valence-electron chi connectivity index (χ3n) is 3.72. The first kappa shape index (κ1) is 16.4. The number of anilines is 1. The van der Waals surface area contributed by atoms with Crippen LogP contribution >= 0.6 is 0 Å². The lowest BCUT2D eigenvalue weighted by Gasteiger charge is -2.05. The largest absolute Gasteiger partial charge is 0.508 e. The summed E-state index contributed by atoms with van der Waals surface area (Å²) >= 11 is 0. The number of benzene rings is 2. The van der Waals surface area contributed by atoms with E-state index in [1.807, 2.05) is 34.9 Å². The summed E-state index contributed by atoms with van der Waals surface area (Å²) in [6, 6.07) is 10.9. The van der Waals surface area contributed by atoms with Gasteiger partial charge in [0.25, 0.3) is 5.97 Å². The fourth-order valence-electron chi connectivity index (χ4n) is 2.76. The molecule has 2 heterocycles. The topological polar surface area (TPSA) is 110 Å². The van der Waals surface area contributed by atoms with Crippen LogP contribution in [0.25, 0.3) is 27.3 Å². The zero-order valence-corrected chi connectivity index (χ0v) is 13.7. The van der Waals surface area contributed by atoms with Crippen molar-refractivity contribution < 1.29 is 19.7 Å². The molecule has 2 aromatic carbocycles. The number of aromatic hydroxyl groups is 1. The number of phenols is 1. The number of nitrogen functional groups attached to an aromatic ring is 1. The Morgan fingerprint density at radius 1 is 1.24 bits per heavy atom. The summed E-state index contributed by atoms with van der Waals surface area (Å²) in [5.41, 5.74) is 8.53. The number of nitrogens with zero attached hydrogens (tertiary/aromatic N) is 2. The summed E-state index contributed by atoms with van der Waals surface area (Å²) in [6.07, 6.45) is 2.00. The van der Waals surface area contributed by atoms with Crippen LogP contribution in [-0.2, 0) is 4.79 Å². The number of carboxylic acids is 1. The average Bonchev–Trinajstić information content (AvgIpc) is 2.93. The lowest BCUT2D eigenvalue weighted by atomic mass is 10.2. The molecule has 0 aliphatic heterocycles. The number of hydrogen-bond acceptors (Lipinski definition) is 5. The molecule has 0 bridgehead atoms. The number of fused-ring (bicyclic) bond motifs is 5. The summed E-state index contributed by atoms with van der Waals surface area (Å²) in [5, 5.41) is 19.1. The summed E-state index contributed by atoms with van der Waals surface area (Å²) in [5.74, 6) is 0.576. The molecule has 0 fully saturated rings. The number of ether oxygens (including phenoxy) is 1. The second-order valence-corrected chi connectivity index (χ2v) is 5.49. The Kier molecular flexibility index (Phi) is 4.06. The molecule has 4 rings (SSSR count). The molecule has 7 heteroatoms. The average molecular weight is 339 g/mol. The number of aromatic nitrogens is 2. The first-order chi connectivity index (χ1) is 11.9. The van der Waals surface area contributed by atoms with Crippen LogP contribution in [-0.4, -0.2) is 32.7 Å². The van der Waals surface area contributed by atoms with Crippen LogP contribution in [0.3, 0.4) is 0 Å². The molecule has 0 unspecified atom stereocenters. The molecule has 0 atom stereocenters. The number of carboxylic acid groups (broad SMARTS) is 1. The molecule has 2 aromatic heterocycles. The van der Waals surface area contributed by atoms with Crippen molar-refractivity contribution >= 4 is 39.1 Å². The van der Waals surface area contributed by atoms with Gasteiger partial charge in [-0.15, -0.1) is 0 Å². The Bertz CT molecular complexity index is 1100. The Labute approximate surface area is 142 Å². The number of hydrogen-bond donors (Lipinski definition) is 3. The SMILES string of the molecule is CC(=O)O.COc1ccc2c(c1)cn1c3ccc(O)cc3nc(N)c21. The molecule has 0 radical (unpaired) electrons. The summed E-state index contributed by atoms with van der Waals surface area (Å²) < 4.78 is 7.26. The molecule has 4 N–H and O–H groups in total. The van der Waals surface area contributed by atoms with Crippen LogP contribution in [0.15, 0.2) is 42.6 Å². The van der Waals surface area contributed by atoms with Gasteiger partial charge in [0, 0.05) is 30.0 Å². The van der Waals surface area contributed by atoms with Gasteiger partial charge in [0.2, 0.25) is 0 Å². The summed E-state index contributed by atoms with van der Waals surface area (Å²) in [7, 11) is 1.64. The Morgan fingerprint density at radius 3 is 2.64 bits per heavy atom. The summed E-state index contributed by atoms with van der Waals surface area (Å²) in [4.78, 5) is 13.4. The highest BCUT2D eigenvalue weighted by atomic mass is 16.5. The van der Waals surface area contributed by atoms with Crippen LogP contribution in [0.1, 0.15) is 6.92 Å². The smallest absolute Gasteiger partial charge is 0.300 e. The Morgan fingerprint density at radius 2 is 1.96 bits per heavy atom. The van der Waals surface area contributed by atoms with Gasteiger partial charge in [0.15, 0.2) is 0 Å². The molecule has 0 aliphatic rings. The van der Waals surface area contributed by atoms with Crippen molar-refractivity contribution in [2.24, 2.45) is 0 Å². The zero-order valence-electron chi connectivity index (χ0n) is 13.7. The predicted octanol–water partition coefficient (Wildman–Crippen LogP) is 3.03. The minimum atomic E-state index is -0.833. The normalized spacial score (nSPS) is 10.6. The third-order valence-corrected chi connectivity index (χ3v) is 3.72. The number of phenolic OH excluding ortho intramolecular Hbond substituents is 1. The lowest BCUT2D eigenvalue weighted by Crippen LogP contribution is -1.97. The van der Waals surface area contributed by atoms with E-state index in [9.17, 15) is 5.11 Å². The highest BCUT2D eigenvalue weighted by Crippen LogP contribution is 2.32. The first-order valence-electron chi connectivity index (χ1n) is 7.47. The van der Waals surface area contributed by atoms with Crippen molar-refractivity contribution in [2.75, 3.05) is 12.8 Å². The molecule has 0 spiro atoms. The van der Waals surface area contributed by atoms with Gasteiger partial charge in [-0.05, 0) is 30.3 Å². The van der Waals surface area contributed by atoms with Gasteiger partial charge in [-0.25, -0.2) is 4.98 Å². The molecule has 128 valence electrons. The van der Waals surface area contributed by atoms with E-state index in [2.05, 4.69) is 4.98 Å². The Hall–Kier alpha value is -3.48. The van der Waals surface area contributed by atoms with E-state index < -0.39 is 5.97 Å². The van der Waals surface area contributed by atoms with Crippen molar-refractivity contribution in [1.82, 2.24) is 9.38 Å². The fraction of sp³-hybridized carbons (Fsp3) is 0.111. The third kappa shape index (κ3) is 2.99. The van der Waals surface area contributed by atoms with Gasteiger partial charge in [0.1, 0.15) is 17.3 Å². The van der Waals surface area contributed by atoms with Gasteiger partial charge in [-0.2, -0.15) is 0 Å². The highest BCUT2D eigenvalue weighted by Gasteiger charge is 2.12.